The molecule has 0 saturated carbocycles. The molecule has 1 aromatic rings. The van der Waals surface area contributed by atoms with Crippen LogP contribution in [-0.4, -0.2) is 56.0 Å². The number of carbonyl (C=O) groups excluding carboxylic acids is 1. The first-order valence-electron chi connectivity index (χ1n) is 6.98. The van der Waals surface area contributed by atoms with E-state index in [0.717, 1.165) is 11.8 Å². The third-order valence-electron chi connectivity index (χ3n) is 3.13. The van der Waals surface area contributed by atoms with Crippen LogP contribution < -0.4 is 10.1 Å². The second kappa shape index (κ2) is 7.98. The van der Waals surface area contributed by atoms with Crippen LogP contribution >= 0.6 is 0 Å². The van der Waals surface area contributed by atoms with Crippen molar-refractivity contribution in [2.24, 2.45) is 0 Å². The summed E-state index contributed by atoms with van der Waals surface area (Å²) in [5.74, 6) is 0.449. The summed E-state index contributed by atoms with van der Waals surface area (Å²) < 4.78 is 27.7. The number of ether oxygens (including phenoxy) is 1. The van der Waals surface area contributed by atoms with Gasteiger partial charge in [0.1, 0.15) is 9.84 Å². The van der Waals surface area contributed by atoms with Gasteiger partial charge in [0.05, 0.1) is 12.9 Å². The molecule has 1 atom stereocenters. The summed E-state index contributed by atoms with van der Waals surface area (Å²) in [7, 11) is -1.60. The Kier molecular flexibility index (Phi) is 6.61. The fraction of sp³-hybridized carbons (Fsp3) is 0.571. The lowest BCUT2D eigenvalue weighted by molar-refractivity contribution is 0.187. The minimum absolute atomic E-state index is 0.0572. The van der Waals surface area contributed by atoms with Crippen LogP contribution in [0.15, 0.2) is 18.3 Å². The van der Waals surface area contributed by atoms with E-state index in [9.17, 15) is 13.2 Å². The molecule has 0 fully saturated rings. The first kappa shape index (κ1) is 18.2. The van der Waals surface area contributed by atoms with Crippen LogP contribution in [-0.2, 0) is 16.4 Å². The summed E-state index contributed by atoms with van der Waals surface area (Å²) in [5, 5.41) is 2.77. The molecular formula is C14H23N3O4S. The van der Waals surface area contributed by atoms with Gasteiger partial charge in [-0.3, -0.25) is 0 Å². The molecule has 0 aliphatic carbocycles. The Hall–Kier alpha value is -1.83. The Morgan fingerprint density at radius 1 is 1.45 bits per heavy atom. The highest BCUT2D eigenvalue weighted by atomic mass is 32.2. The molecule has 2 amide bonds. The molecule has 0 aliphatic rings. The fourth-order valence-corrected chi connectivity index (χ4v) is 3.16. The van der Waals surface area contributed by atoms with Gasteiger partial charge in [0.2, 0.25) is 5.88 Å². The number of urea groups is 1. The molecule has 1 heterocycles. The van der Waals surface area contributed by atoms with E-state index in [-0.39, 0.29) is 17.8 Å². The Labute approximate surface area is 131 Å². The van der Waals surface area contributed by atoms with Crippen molar-refractivity contribution in [3.8, 4) is 5.88 Å². The molecule has 0 aromatic carbocycles. The van der Waals surface area contributed by atoms with Gasteiger partial charge in [-0.15, -0.1) is 0 Å². The van der Waals surface area contributed by atoms with Gasteiger partial charge in [0, 0.05) is 37.7 Å². The molecule has 1 rings (SSSR count). The minimum Gasteiger partial charge on any atom is -0.481 e. The van der Waals surface area contributed by atoms with Crippen LogP contribution in [0, 0.1) is 0 Å². The summed E-state index contributed by atoms with van der Waals surface area (Å²) in [4.78, 5) is 17.7. The van der Waals surface area contributed by atoms with Crippen LogP contribution in [0.3, 0.4) is 0 Å². The average molecular weight is 329 g/mol. The number of carbonyl (C=O) groups is 1. The molecule has 8 heteroatoms. The predicted molar refractivity (Wildman–Crippen MR) is 84.6 cm³/mol. The van der Waals surface area contributed by atoms with Gasteiger partial charge in [-0.2, -0.15) is 0 Å². The third kappa shape index (κ3) is 5.88. The smallest absolute Gasteiger partial charge is 0.317 e. The van der Waals surface area contributed by atoms with Crippen LogP contribution in [0.2, 0.25) is 0 Å². The minimum atomic E-state index is -3.13. The van der Waals surface area contributed by atoms with Crippen molar-refractivity contribution in [3.63, 3.8) is 0 Å². The SMILES string of the molecule is CCN(C(=O)NCc1ccc(OC)nc1)[C@H](C)CS(C)(=O)=O. The van der Waals surface area contributed by atoms with E-state index < -0.39 is 9.84 Å². The molecular weight excluding hydrogens is 306 g/mol. The maximum absolute atomic E-state index is 12.2. The number of hydrogen-bond acceptors (Lipinski definition) is 5. The second-order valence-corrected chi connectivity index (χ2v) is 7.28. The van der Waals surface area contributed by atoms with Crippen molar-refractivity contribution >= 4 is 15.9 Å². The topological polar surface area (TPSA) is 88.6 Å². The zero-order valence-electron chi connectivity index (χ0n) is 13.4. The lowest BCUT2D eigenvalue weighted by Crippen LogP contribution is -2.47. The quantitative estimate of drug-likeness (QED) is 0.808. The monoisotopic (exact) mass is 329 g/mol. The molecule has 0 radical (unpaired) electrons. The van der Waals surface area contributed by atoms with E-state index in [1.807, 2.05) is 13.0 Å². The van der Waals surface area contributed by atoms with E-state index in [0.29, 0.717) is 19.0 Å². The Bertz CT molecular complexity index is 587. The van der Waals surface area contributed by atoms with Crippen molar-refractivity contribution in [2.45, 2.75) is 26.4 Å². The first-order chi connectivity index (χ1) is 10.3. The Balaban J connectivity index is 2.60. The van der Waals surface area contributed by atoms with Crippen molar-refractivity contribution in [1.82, 2.24) is 15.2 Å². The van der Waals surface area contributed by atoms with Gasteiger partial charge in [-0.1, -0.05) is 6.07 Å². The van der Waals surface area contributed by atoms with Gasteiger partial charge >= 0.3 is 6.03 Å². The summed E-state index contributed by atoms with van der Waals surface area (Å²) in [5.41, 5.74) is 0.834. The molecule has 22 heavy (non-hydrogen) atoms. The lowest BCUT2D eigenvalue weighted by atomic mass is 10.3. The fourth-order valence-electron chi connectivity index (χ4n) is 2.10. The molecule has 7 nitrogen and oxygen atoms in total. The molecule has 0 saturated heterocycles. The van der Waals surface area contributed by atoms with Crippen LogP contribution in [0.1, 0.15) is 19.4 Å². The van der Waals surface area contributed by atoms with Crippen molar-refractivity contribution in [2.75, 3.05) is 25.7 Å². The van der Waals surface area contributed by atoms with E-state index in [1.54, 1.807) is 19.2 Å². The van der Waals surface area contributed by atoms with E-state index in [2.05, 4.69) is 10.3 Å². The zero-order chi connectivity index (χ0) is 16.8. The van der Waals surface area contributed by atoms with Crippen molar-refractivity contribution in [3.05, 3.63) is 23.9 Å². The zero-order valence-corrected chi connectivity index (χ0v) is 14.2. The highest BCUT2D eigenvalue weighted by molar-refractivity contribution is 7.90. The highest BCUT2D eigenvalue weighted by Gasteiger charge is 2.21. The number of nitrogens with one attached hydrogen (secondary N) is 1. The number of pyridine rings is 1. The molecule has 124 valence electrons. The summed E-state index contributed by atoms with van der Waals surface area (Å²) in [6.07, 6.45) is 2.79. The van der Waals surface area contributed by atoms with Crippen molar-refractivity contribution in [1.29, 1.82) is 0 Å². The number of aromatic nitrogens is 1. The molecule has 1 aromatic heterocycles. The first-order valence-corrected chi connectivity index (χ1v) is 9.04. The standard InChI is InChI=1S/C14H23N3O4S/c1-5-17(11(2)10-22(4,19)20)14(18)16-9-12-6-7-13(21-3)15-8-12/h6-8,11H,5,9-10H2,1-4H3,(H,16,18)/t11-/m1/s1. The Morgan fingerprint density at radius 3 is 2.59 bits per heavy atom. The number of hydrogen-bond donors (Lipinski definition) is 1. The maximum Gasteiger partial charge on any atom is 0.317 e. The number of rotatable bonds is 7. The summed E-state index contributed by atoms with van der Waals surface area (Å²) >= 11 is 0. The van der Waals surface area contributed by atoms with Crippen LogP contribution in [0.25, 0.3) is 0 Å². The van der Waals surface area contributed by atoms with Gasteiger partial charge in [0.15, 0.2) is 0 Å². The largest absolute Gasteiger partial charge is 0.481 e. The number of sulfone groups is 1. The van der Waals surface area contributed by atoms with Crippen LogP contribution in [0.4, 0.5) is 4.79 Å². The summed E-state index contributed by atoms with van der Waals surface area (Å²) in [6, 6.07) is 2.84. The molecule has 0 aliphatic heterocycles. The molecule has 1 N–H and O–H groups in total. The highest BCUT2D eigenvalue weighted by Crippen LogP contribution is 2.07. The lowest BCUT2D eigenvalue weighted by Gasteiger charge is -2.27. The van der Waals surface area contributed by atoms with Gasteiger partial charge in [-0.25, -0.2) is 18.2 Å². The molecule has 0 spiro atoms. The van der Waals surface area contributed by atoms with E-state index in [1.165, 1.54) is 12.0 Å². The number of methoxy groups -OCH3 is 1. The predicted octanol–water partition coefficient (Wildman–Crippen LogP) is 1.05. The van der Waals surface area contributed by atoms with Gasteiger partial charge in [0.25, 0.3) is 0 Å². The van der Waals surface area contributed by atoms with Crippen LogP contribution in [0.5, 0.6) is 5.88 Å². The maximum atomic E-state index is 12.2. The second-order valence-electron chi connectivity index (χ2n) is 5.09. The van der Waals surface area contributed by atoms with Gasteiger partial charge in [-0.05, 0) is 19.4 Å². The Morgan fingerprint density at radius 2 is 2.14 bits per heavy atom. The number of nitrogens with zero attached hydrogens (tertiary/aromatic N) is 2. The van der Waals surface area contributed by atoms with Crippen molar-refractivity contribution < 1.29 is 17.9 Å². The number of amides is 2. The molecule has 0 unspecified atom stereocenters. The molecule has 0 bridgehead atoms. The van der Waals surface area contributed by atoms with Gasteiger partial charge < -0.3 is 15.0 Å². The van der Waals surface area contributed by atoms with E-state index >= 15 is 0 Å². The third-order valence-corrected chi connectivity index (χ3v) is 4.22. The summed E-state index contributed by atoms with van der Waals surface area (Å²) in [6.45, 7) is 4.29. The normalized spacial score (nSPS) is 12.5. The van der Waals surface area contributed by atoms with E-state index in [4.69, 9.17) is 4.74 Å². The average Bonchev–Trinajstić information content (AvgIpc) is 2.44.